The van der Waals surface area contributed by atoms with Gasteiger partial charge in [0.2, 0.25) is 47.3 Å². The normalized spacial score (nSPS) is 9.97. The molecule has 0 aliphatic carbocycles. The van der Waals surface area contributed by atoms with Crippen molar-refractivity contribution in [3.63, 3.8) is 0 Å². The lowest BCUT2D eigenvalue weighted by Gasteiger charge is -2.11. The molecule has 6 rings (SSSR count). The van der Waals surface area contributed by atoms with E-state index in [0.29, 0.717) is 30.9 Å². The van der Waals surface area contributed by atoms with Crippen LogP contribution in [0.15, 0.2) is 109 Å². The zero-order chi connectivity index (χ0) is 42.3. The van der Waals surface area contributed by atoms with Gasteiger partial charge >= 0.3 is 3.18 Å². The number of hydrogen-bond donors (Lipinski definition) is 1. The van der Waals surface area contributed by atoms with E-state index in [1.54, 1.807) is 42.5 Å². The van der Waals surface area contributed by atoms with Crippen molar-refractivity contribution in [1.29, 1.82) is 0 Å². The molecule has 4 heterocycles. The number of methoxy groups -OCH3 is 1. The van der Waals surface area contributed by atoms with E-state index >= 15 is 0 Å². The number of alkyl halides is 2. The van der Waals surface area contributed by atoms with E-state index in [1.165, 1.54) is 67.8 Å². The fraction of sp³-hybridized carbons (Fsp3) is 0.158. The average molecular weight is 1040 g/mol. The quantitative estimate of drug-likeness (QED) is 0.0518. The summed E-state index contributed by atoms with van der Waals surface area (Å²) in [5.74, 6) is -0.922. The largest absolute Gasteiger partial charge is 0.504 e. The third-order valence-electron chi connectivity index (χ3n) is 6.72. The highest BCUT2D eigenvalue weighted by molar-refractivity contribution is 9.69. The Balaban J connectivity index is 0.000000268. The molecule has 2 aromatic carbocycles. The first kappa shape index (κ1) is 48.0. The van der Waals surface area contributed by atoms with Crippen LogP contribution >= 0.6 is 70.5 Å². The van der Waals surface area contributed by atoms with E-state index in [0.717, 1.165) is 11.1 Å². The number of aromatic hydroxyl groups is 1. The topological polar surface area (TPSA) is 118 Å². The zero-order valence-corrected chi connectivity index (χ0v) is 36.5. The van der Waals surface area contributed by atoms with Gasteiger partial charge in [0.05, 0.1) is 25.7 Å². The number of rotatable bonds is 13. The highest BCUT2D eigenvalue weighted by Crippen LogP contribution is 2.32. The van der Waals surface area contributed by atoms with Crippen molar-refractivity contribution in [1.82, 2.24) is 19.9 Å². The summed E-state index contributed by atoms with van der Waals surface area (Å²) >= 11 is 18.8. The molecule has 58 heavy (non-hydrogen) atoms. The van der Waals surface area contributed by atoms with Crippen LogP contribution in [-0.4, -0.2) is 53.9 Å². The minimum absolute atomic E-state index is 0.0450. The minimum atomic E-state index is -0.670. The summed E-state index contributed by atoms with van der Waals surface area (Å²) in [7, 11) is 1.51. The maximum Gasteiger partial charge on any atom is 0.369 e. The van der Waals surface area contributed by atoms with Crippen LogP contribution in [0.2, 0.25) is 0 Å². The number of ether oxygens (including phenoxy) is 5. The first-order chi connectivity index (χ1) is 27.9. The van der Waals surface area contributed by atoms with Crippen molar-refractivity contribution in [2.24, 2.45) is 0 Å². The average Bonchev–Trinajstić information content (AvgIpc) is 3.17. The van der Waals surface area contributed by atoms with Crippen LogP contribution in [-0.2, 0) is 12.8 Å². The molecular weight excluding hydrogens is 1010 g/mol. The van der Waals surface area contributed by atoms with Gasteiger partial charge in [-0.3, -0.25) is 0 Å². The third-order valence-corrected chi connectivity index (χ3v) is 6.72. The second-order valence-electron chi connectivity index (χ2n) is 10.7. The molecule has 0 atom stereocenters. The van der Waals surface area contributed by atoms with E-state index in [2.05, 4.69) is 67.2 Å². The summed E-state index contributed by atoms with van der Waals surface area (Å²) in [6.45, 7) is 0.590. The molecule has 0 fully saturated rings. The van der Waals surface area contributed by atoms with Crippen LogP contribution < -0.4 is 23.7 Å². The molecule has 0 bridgehead atoms. The van der Waals surface area contributed by atoms with Gasteiger partial charge in [-0.15, -0.1) is 70.5 Å². The Hall–Kier alpha value is -4.36. The molecule has 10 nitrogen and oxygen atoms in total. The molecule has 1 N–H and O–H groups in total. The lowest BCUT2D eigenvalue weighted by molar-refractivity contribution is 0.304. The smallest absolute Gasteiger partial charge is 0.369 e. The summed E-state index contributed by atoms with van der Waals surface area (Å²) in [5.41, 5.74) is 1.71. The Morgan fingerprint density at radius 2 is 0.914 bits per heavy atom. The van der Waals surface area contributed by atoms with Crippen molar-refractivity contribution in [2.75, 3.05) is 25.7 Å². The van der Waals surface area contributed by atoms with Crippen molar-refractivity contribution in [3.05, 3.63) is 144 Å². The van der Waals surface area contributed by atoms with E-state index in [9.17, 15) is 22.7 Å². The predicted molar refractivity (Wildman–Crippen MR) is 226 cm³/mol. The summed E-state index contributed by atoms with van der Waals surface area (Å²) in [6, 6.07) is 27.2. The number of hydrogen-bond acceptors (Lipinski definition) is 10. The van der Waals surface area contributed by atoms with Gasteiger partial charge in [-0.25, -0.2) is 0 Å². The first-order valence-corrected chi connectivity index (χ1v) is 20.3. The van der Waals surface area contributed by atoms with Crippen LogP contribution in [0.1, 0.15) is 11.1 Å². The van der Waals surface area contributed by atoms with E-state index in [4.69, 9.17) is 46.9 Å². The van der Waals surface area contributed by atoms with Crippen molar-refractivity contribution in [2.45, 2.75) is 12.8 Å². The predicted octanol–water partition coefficient (Wildman–Crippen LogP) is 11.6. The Morgan fingerprint density at radius 1 is 0.552 bits per heavy atom. The fourth-order valence-electron chi connectivity index (χ4n) is 4.36. The SMILES string of the molecule is BrB(Br)Br.COc1cc(CCOc2cccc(F)n2)ccc1Oc1cccc(F)n1.ClCCl.Oc1cc(CCOc2cccc(F)n2)ccc1Oc1cccc(F)n1. The van der Waals surface area contributed by atoms with Gasteiger partial charge in [0.25, 0.3) is 0 Å². The second-order valence-corrected chi connectivity index (χ2v) is 18.0. The van der Waals surface area contributed by atoms with Crippen molar-refractivity contribution in [3.8, 4) is 46.5 Å². The highest BCUT2D eigenvalue weighted by atomic mass is 79.9. The monoisotopic (exact) mass is 1030 g/mol. The Labute approximate surface area is 366 Å². The number of aromatic nitrogens is 4. The van der Waals surface area contributed by atoms with Gasteiger partial charge in [-0.05, 0) is 59.7 Å². The van der Waals surface area contributed by atoms with E-state index < -0.39 is 23.8 Å². The maximum atomic E-state index is 13.2. The molecule has 0 radical (unpaired) electrons. The lowest BCUT2D eigenvalue weighted by atomic mass is 10.1. The Bertz CT molecular complexity index is 2160. The van der Waals surface area contributed by atoms with Crippen LogP contribution in [0.25, 0.3) is 0 Å². The van der Waals surface area contributed by atoms with Crippen LogP contribution in [0.5, 0.6) is 46.5 Å². The number of phenols is 1. The molecule has 0 aliphatic heterocycles. The van der Waals surface area contributed by atoms with Crippen molar-refractivity contribution < 1.29 is 46.4 Å². The molecule has 20 heteroatoms. The van der Waals surface area contributed by atoms with Crippen molar-refractivity contribution >= 4 is 73.7 Å². The molecule has 306 valence electrons. The zero-order valence-electron chi connectivity index (χ0n) is 30.2. The molecule has 0 saturated carbocycles. The maximum absolute atomic E-state index is 13.2. The number of halogens is 9. The van der Waals surface area contributed by atoms with Crippen LogP contribution in [0.4, 0.5) is 17.6 Å². The van der Waals surface area contributed by atoms with Crippen LogP contribution in [0.3, 0.4) is 0 Å². The number of nitrogens with zero attached hydrogens (tertiary/aromatic N) is 4. The van der Waals surface area contributed by atoms with Crippen LogP contribution in [0, 0.1) is 23.8 Å². The van der Waals surface area contributed by atoms with Gasteiger partial charge in [-0.2, -0.15) is 37.5 Å². The molecule has 4 aromatic heterocycles. The molecule has 0 amide bonds. The second kappa shape index (κ2) is 26.6. The molecule has 0 spiro atoms. The first-order valence-electron chi connectivity index (χ1n) is 16.5. The number of pyridine rings is 4. The third kappa shape index (κ3) is 18.9. The van der Waals surface area contributed by atoms with Gasteiger partial charge in [-0.1, -0.05) is 36.4 Å². The van der Waals surface area contributed by atoms with Gasteiger partial charge in [0, 0.05) is 37.1 Å². The van der Waals surface area contributed by atoms with Gasteiger partial charge in [0.15, 0.2) is 23.0 Å². The summed E-state index contributed by atoms with van der Waals surface area (Å²) < 4.78 is 79.4. The summed E-state index contributed by atoms with van der Waals surface area (Å²) in [4.78, 5) is 14.4. The molecule has 6 aromatic rings. The Kier molecular flexibility index (Phi) is 22.0. The summed E-state index contributed by atoms with van der Waals surface area (Å²) in [5, 5.41) is 10.2. The molecule has 0 aliphatic rings. The summed E-state index contributed by atoms with van der Waals surface area (Å²) in [6.07, 6.45) is 1.04. The lowest BCUT2D eigenvalue weighted by Crippen LogP contribution is -2.03. The number of phenolic OH excluding ortho intramolecular Hbond substituents is 1. The molecule has 0 unspecified atom stereocenters. The Morgan fingerprint density at radius 3 is 1.31 bits per heavy atom. The van der Waals surface area contributed by atoms with E-state index in [1.807, 2.05) is 6.07 Å². The minimum Gasteiger partial charge on any atom is -0.504 e. The standard InChI is InChI=1S/C19H16F2N2O3.C18H14F2N2O3.CH2Cl2.BBr3/c1-24-15-12-13(10-11-25-18-6-2-4-16(20)22-18)8-9-14(15)26-19-7-3-5-17(21)23-19;19-15-3-1-5-17(21-15)24-10-9-12-7-8-14(13(23)11-12)25-18-6-2-4-16(20)22-18;2-1-3;2-1(3)4/h2-9,12H,10-11H2,1H3;1-8,11,23H,9-10H2;1H2;. The van der Waals surface area contributed by atoms with Gasteiger partial charge < -0.3 is 28.8 Å². The molecule has 0 saturated heterocycles. The highest BCUT2D eigenvalue weighted by Gasteiger charge is 2.10. The number of benzene rings is 2. The van der Waals surface area contributed by atoms with E-state index in [-0.39, 0.29) is 50.1 Å². The molecular formula is C38H32BBr3Cl2F4N4O6. The fourth-order valence-corrected chi connectivity index (χ4v) is 4.36. The van der Waals surface area contributed by atoms with Gasteiger partial charge in [0.1, 0.15) is 0 Å².